The van der Waals surface area contributed by atoms with Crippen molar-refractivity contribution < 1.29 is 23.6 Å². The molecule has 0 saturated carbocycles. The van der Waals surface area contributed by atoms with E-state index in [1.165, 1.54) is 12.1 Å². The minimum absolute atomic E-state index is 0.206. The van der Waals surface area contributed by atoms with Gasteiger partial charge in [-0.05, 0) is 66.7 Å². The van der Waals surface area contributed by atoms with Gasteiger partial charge in [-0.3, -0.25) is 9.59 Å². The highest BCUT2D eigenvalue weighted by Gasteiger charge is 2.12. The van der Waals surface area contributed by atoms with Crippen molar-refractivity contribution in [2.75, 3.05) is 19.0 Å². The van der Waals surface area contributed by atoms with Crippen LogP contribution >= 0.6 is 0 Å². The molecule has 0 bridgehead atoms. The molecule has 3 N–H and O–H groups in total. The largest absolute Gasteiger partial charge is 0.497 e. The molecule has 1 heterocycles. The minimum atomic E-state index is -0.534. The van der Waals surface area contributed by atoms with Crippen molar-refractivity contribution in [2.45, 2.75) is 0 Å². The van der Waals surface area contributed by atoms with Gasteiger partial charge in [-0.25, -0.2) is 0 Å². The summed E-state index contributed by atoms with van der Waals surface area (Å²) in [6.07, 6.45) is 0. The molecule has 33 heavy (non-hydrogen) atoms. The van der Waals surface area contributed by atoms with Crippen molar-refractivity contribution in [2.24, 2.45) is 5.73 Å². The fraction of sp³-hybridized carbons (Fsp3) is 0.0833. The molecule has 1 aromatic heterocycles. The predicted molar refractivity (Wildman–Crippen MR) is 121 cm³/mol. The van der Waals surface area contributed by atoms with E-state index in [9.17, 15) is 9.59 Å². The molecular weight excluding hydrogens is 424 g/mol. The number of nitrogens with zero attached hydrogens (tertiary/aromatic N) is 2. The summed E-state index contributed by atoms with van der Waals surface area (Å²) >= 11 is 0. The van der Waals surface area contributed by atoms with Crippen LogP contribution in [0.15, 0.2) is 77.3 Å². The van der Waals surface area contributed by atoms with Crippen molar-refractivity contribution in [1.82, 2.24) is 10.1 Å². The highest BCUT2D eigenvalue weighted by Crippen LogP contribution is 2.26. The first kappa shape index (κ1) is 21.6. The van der Waals surface area contributed by atoms with Gasteiger partial charge in [-0.15, -0.1) is 0 Å². The summed E-state index contributed by atoms with van der Waals surface area (Å²) in [6, 6.07) is 20.6. The van der Waals surface area contributed by atoms with Crippen molar-refractivity contribution >= 4 is 17.5 Å². The standard InChI is InChI=1S/C24H20N4O5/c1-31-19-11-7-16(8-12-19)23-27-24(33-28-23)17-3-2-4-20(13-17)32-14-21(29)26-18-9-5-15(6-10-18)22(25)30/h2-13H,14H2,1H3,(H2,25,30)(H,26,29). The fourth-order valence-corrected chi connectivity index (χ4v) is 2.98. The van der Waals surface area contributed by atoms with E-state index in [2.05, 4.69) is 15.5 Å². The van der Waals surface area contributed by atoms with Gasteiger partial charge in [0.1, 0.15) is 11.5 Å². The second kappa shape index (κ2) is 9.65. The van der Waals surface area contributed by atoms with Gasteiger partial charge in [0.2, 0.25) is 11.7 Å². The number of carbonyl (C=O) groups is 2. The molecule has 0 spiro atoms. The number of hydrogen-bond acceptors (Lipinski definition) is 7. The average molecular weight is 444 g/mol. The number of hydrogen-bond donors (Lipinski definition) is 2. The zero-order chi connectivity index (χ0) is 23.2. The number of primary amides is 1. The van der Waals surface area contributed by atoms with Crippen LogP contribution in [-0.2, 0) is 4.79 Å². The van der Waals surface area contributed by atoms with E-state index in [1.807, 2.05) is 24.3 Å². The van der Waals surface area contributed by atoms with Gasteiger partial charge in [0.15, 0.2) is 6.61 Å². The number of amides is 2. The zero-order valence-electron chi connectivity index (χ0n) is 17.6. The normalized spacial score (nSPS) is 10.5. The van der Waals surface area contributed by atoms with Crippen molar-refractivity contribution in [3.63, 3.8) is 0 Å². The number of anilines is 1. The van der Waals surface area contributed by atoms with Gasteiger partial charge in [-0.1, -0.05) is 11.2 Å². The van der Waals surface area contributed by atoms with Crippen LogP contribution in [0, 0.1) is 0 Å². The Morgan fingerprint density at radius 3 is 2.42 bits per heavy atom. The third-order valence-electron chi connectivity index (χ3n) is 4.68. The van der Waals surface area contributed by atoms with Crippen LogP contribution in [0.25, 0.3) is 22.8 Å². The lowest BCUT2D eigenvalue weighted by Crippen LogP contribution is -2.20. The molecule has 9 nitrogen and oxygen atoms in total. The fourth-order valence-electron chi connectivity index (χ4n) is 2.98. The Morgan fingerprint density at radius 2 is 1.73 bits per heavy atom. The van der Waals surface area contributed by atoms with E-state index >= 15 is 0 Å². The molecule has 3 aromatic carbocycles. The van der Waals surface area contributed by atoms with Gasteiger partial charge in [0.25, 0.3) is 11.8 Å². The van der Waals surface area contributed by atoms with Gasteiger partial charge in [0.05, 0.1) is 7.11 Å². The molecule has 2 amide bonds. The topological polar surface area (TPSA) is 130 Å². The monoisotopic (exact) mass is 444 g/mol. The first-order valence-electron chi connectivity index (χ1n) is 9.93. The van der Waals surface area contributed by atoms with Crippen LogP contribution in [0.2, 0.25) is 0 Å². The SMILES string of the molecule is COc1ccc(-c2noc(-c3cccc(OCC(=O)Nc4ccc(C(N)=O)cc4)c3)n2)cc1. The molecular formula is C24H20N4O5. The Hall–Kier alpha value is -4.66. The maximum Gasteiger partial charge on any atom is 0.262 e. The second-order valence-electron chi connectivity index (χ2n) is 6.96. The molecule has 0 aliphatic carbocycles. The smallest absolute Gasteiger partial charge is 0.262 e. The summed E-state index contributed by atoms with van der Waals surface area (Å²) in [5.74, 6) is 1.08. The van der Waals surface area contributed by atoms with Gasteiger partial charge in [-0.2, -0.15) is 4.98 Å². The number of nitrogens with one attached hydrogen (secondary N) is 1. The minimum Gasteiger partial charge on any atom is -0.497 e. The van der Waals surface area contributed by atoms with Crippen LogP contribution in [0.1, 0.15) is 10.4 Å². The van der Waals surface area contributed by atoms with Gasteiger partial charge in [0, 0.05) is 22.4 Å². The Balaban J connectivity index is 1.38. The number of methoxy groups -OCH3 is 1. The maximum atomic E-state index is 12.2. The molecule has 0 saturated heterocycles. The van der Waals surface area contributed by atoms with Crippen molar-refractivity contribution in [1.29, 1.82) is 0 Å². The summed E-state index contributed by atoms with van der Waals surface area (Å²) in [5.41, 5.74) is 7.54. The lowest BCUT2D eigenvalue weighted by molar-refractivity contribution is -0.118. The van der Waals surface area contributed by atoms with E-state index in [4.69, 9.17) is 19.7 Å². The molecule has 0 fully saturated rings. The predicted octanol–water partition coefficient (Wildman–Crippen LogP) is 3.53. The Bertz CT molecular complexity index is 1270. The number of carbonyl (C=O) groups excluding carboxylic acids is 2. The lowest BCUT2D eigenvalue weighted by Gasteiger charge is -2.08. The molecule has 0 aliphatic rings. The van der Waals surface area contributed by atoms with Crippen LogP contribution in [-0.4, -0.2) is 35.7 Å². The molecule has 0 atom stereocenters. The summed E-state index contributed by atoms with van der Waals surface area (Å²) in [6.45, 7) is -0.206. The number of ether oxygens (including phenoxy) is 2. The van der Waals surface area contributed by atoms with Crippen LogP contribution < -0.4 is 20.5 Å². The summed E-state index contributed by atoms with van der Waals surface area (Å²) in [7, 11) is 1.60. The quantitative estimate of drug-likeness (QED) is 0.425. The lowest BCUT2D eigenvalue weighted by atomic mass is 10.2. The first-order valence-corrected chi connectivity index (χ1v) is 9.93. The zero-order valence-corrected chi connectivity index (χ0v) is 17.6. The Labute approximate surface area is 189 Å². The van der Waals surface area contributed by atoms with Crippen molar-refractivity contribution in [3.05, 3.63) is 78.4 Å². The number of rotatable bonds is 8. The van der Waals surface area contributed by atoms with E-state index in [-0.39, 0.29) is 12.5 Å². The summed E-state index contributed by atoms with van der Waals surface area (Å²) in [5, 5.41) is 6.71. The first-order chi connectivity index (χ1) is 16.0. The van der Waals surface area contributed by atoms with Gasteiger partial charge < -0.3 is 25.0 Å². The molecule has 4 rings (SSSR count). The molecule has 9 heteroatoms. The molecule has 0 radical (unpaired) electrons. The number of aromatic nitrogens is 2. The summed E-state index contributed by atoms with van der Waals surface area (Å²) in [4.78, 5) is 27.7. The maximum absolute atomic E-state index is 12.2. The molecule has 4 aromatic rings. The third kappa shape index (κ3) is 5.34. The van der Waals surface area contributed by atoms with Crippen LogP contribution in [0.3, 0.4) is 0 Å². The van der Waals surface area contributed by atoms with E-state index < -0.39 is 5.91 Å². The molecule has 166 valence electrons. The molecule has 0 aliphatic heterocycles. The van der Waals surface area contributed by atoms with E-state index in [0.29, 0.717) is 34.3 Å². The third-order valence-corrected chi connectivity index (χ3v) is 4.68. The van der Waals surface area contributed by atoms with Crippen LogP contribution in [0.4, 0.5) is 5.69 Å². The Morgan fingerprint density at radius 1 is 0.970 bits per heavy atom. The van der Waals surface area contributed by atoms with Crippen LogP contribution in [0.5, 0.6) is 11.5 Å². The summed E-state index contributed by atoms with van der Waals surface area (Å²) < 4.78 is 16.1. The Kier molecular flexibility index (Phi) is 6.31. The number of nitrogens with two attached hydrogens (primary N) is 1. The highest BCUT2D eigenvalue weighted by molar-refractivity contribution is 5.95. The van der Waals surface area contributed by atoms with Gasteiger partial charge >= 0.3 is 0 Å². The van der Waals surface area contributed by atoms with E-state index in [1.54, 1.807) is 43.5 Å². The van der Waals surface area contributed by atoms with Crippen molar-refractivity contribution in [3.8, 4) is 34.3 Å². The second-order valence-corrected chi connectivity index (χ2v) is 6.96. The molecule has 0 unspecified atom stereocenters. The highest BCUT2D eigenvalue weighted by atomic mass is 16.5. The average Bonchev–Trinajstić information content (AvgIpc) is 3.34. The number of benzene rings is 3. The van der Waals surface area contributed by atoms with E-state index in [0.717, 1.165) is 11.3 Å².